The van der Waals surface area contributed by atoms with Crippen LogP contribution in [0, 0.1) is 11.6 Å². The maximum atomic E-state index is 13.6. The zero-order chi connectivity index (χ0) is 40.6. The molecule has 0 aliphatic carbocycles. The van der Waals surface area contributed by atoms with Gasteiger partial charge in [-0.3, -0.25) is 9.59 Å². The van der Waals surface area contributed by atoms with E-state index in [2.05, 4.69) is 25.3 Å². The average molecular weight is 775 g/mol. The van der Waals surface area contributed by atoms with E-state index >= 15 is 0 Å². The highest BCUT2D eigenvalue weighted by molar-refractivity contribution is 6.09. The number of aromatic nitrogens is 4. The minimum atomic E-state index is -0.588. The molecule has 57 heavy (non-hydrogen) atoms. The zero-order valence-electron chi connectivity index (χ0n) is 31.4. The van der Waals surface area contributed by atoms with Crippen LogP contribution >= 0.6 is 0 Å². The van der Waals surface area contributed by atoms with Crippen molar-refractivity contribution in [2.24, 2.45) is 5.73 Å². The SMILES string of the molecule is CC(C)(C)OC(=O)NC1CN(C(=O)c2cnc(N)c3nc(-c4cccc(F)c4)ccc23)C1.Nc1ncc(C(=O)N2CC(N)C2)c2ccc(-c3cccc(F)c3)nc12. The molecule has 16 heteroatoms. The maximum absolute atomic E-state index is 13.6. The Morgan fingerprint density at radius 1 is 0.719 bits per heavy atom. The van der Waals surface area contributed by atoms with Crippen molar-refractivity contribution in [3.05, 3.63) is 108 Å². The lowest BCUT2D eigenvalue weighted by Crippen LogP contribution is -2.61. The molecule has 0 bridgehead atoms. The first kappa shape index (κ1) is 38.5. The van der Waals surface area contributed by atoms with Gasteiger partial charge in [-0.25, -0.2) is 33.5 Å². The second-order valence-electron chi connectivity index (χ2n) is 14.8. The molecule has 2 fully saturated rings. The minimum Gasteiger partial charge on any atom is -0.444 e. The number of nitrogens with two attached hydrogens (primary N) is 3. The predicted octanol–water partition coefficient (Wildman–Crippen LogP) is 5.17. The fraction of sp³-hybridized carbons (Fsp3) is 0.244. The van der Waals surface area contributed by atoms with Gasteiger partial charge in [-0.15, -0.1) is 0 Å². The van der Waals surface area contributed by atoms with Gasteiger partial charge in [0.15, 0.2) is 0 Å². The summed E-state index contributed by atoms with van der Waals surface area (Å²) in [6, 6.07) is 19.0. The number of nitrogen functional groups attached to an aromatic ring is 2. The number of pyridine rings is 4. The first-order chi connectivity index (χ1) is 27.1. The number of alkyl carbamates (subject to hydrolysis) is 1. The van der Waals surface area contributed by atoms with Crippen LogP contribution in [-0.2, 0) is 4.74 Å². The van der Waals surface area contributed by atoms with E-state index in [1.807, 2.05) is 0 Å². The standard InChI is InChI=1S/C23H24FN5O3.C18H16FN5O/c1-23(2,3)32-22(31)27-15-11-29(12-15)21(30)17-10-26-20(25)19-16(17)7-8-18(28-19)13-5-4-6-14(24)9-13;19-11-3-1-2-10(6-11)15-5-4-13-14(7-22-17(21)16(13)23-15)18(25)24-8-12(20)9-24/h4-10,15H,11-12H2,1-3H3,(H2,25,26)(H,27,31);1-7,12H,8-9,20H2,(H2,21,22). The molecule has 292 valence electrons. The van der Waals surface area contributed by atoms with E-state index in [0.717, 1.165) is 0 Å². The molecule has 14 nitrogen and oxygen atoms in total. The van der Waals surface area contributed by atoms with Crippen LogP contribution in [0.1, 0.15) is 41.5 Å². The van der Waals surface area contributed by atoms with Gasteiger partial charge in [-0.2, -0.15) is 0 Å². The normalized spacial score (nSPS) is 14.4. The average Bonchev–Trinajstić information content (AvgIpc) is 3.14. The fourth-order valence-electron chi connectivity index (χ4n) is 6.46. The summed E-state index contributed by atoms with van der Waals surface area (Å²) in [6.45, 7) is 7.14. The smallest absolute Gasteiger partial charge is 0.407 e. The molecule has 0 spiro atoms. The lowest BCUT2D eigenvalue weighted by Gasteiger charge is -2.39. The molecular weight excluding hydrogens is 735 g/mol. The van der Waals surface area contributed by atoms with Crippen LogP contribution in [-0.4, -0.2) is 91.5 Å². The van der Waals surface area contributed by atoms with Crippen molar-refractivity contribution in [1.82, 2.24) is 35.1 Å². The summed E-state index contributed by atoms with van der Waals surface area (Å²) in [6.07, 6.45) is 2.38. The first-order valence-corrected chi connectivity index (χ1v) is 18.1. The molecule has 2 aromatic carbocycles. The molecule has 0 saturated carbocycles. The minimum absolute atomic E-state index is 0.0228. The second-order valence-corrected chi connectivity index (χ2v) is 14.8. The molecule has 0 atom stereocenters. The summed E-state index contributed by atoms with van der Waals surface area (Å²) in [5.74, 6) is -0.673. The number of nitrogens with one attached hydrogen (secondary N) is 1. The van der Waals surface area contributed by atoms with Crippen LogP contribution in [0.2, 0.25) is 0 Å². The fourth-order valence-corrected chi connectivity index (χ4v) is 6.46. The van der Waals surface area contributed by atoms with Gasteiger partial charge >= 0.3 is 6.09 Å². The molecule has 4 aromatic heterocycles. The van der Waals surface area contributed by atoms with E-state index in [9.17, 15) is 23.2 Å². The number of rotatable bonds is 5. The monoisotopic (exact) mass is 774 g/mol. The van der Waals surface area contributed by atoms with Crippen LogP contribution in [0.4, 0.5) is 25.2 Å². The number of fused-ring (bicyclic) bond motifs is 2. The van der Waals surface area contributed by atoms with E-state index in [0.29, 0.717) is 81.6 Å². The van der Waals surface area contributed by atoms with Crippen LogP contribution in [0.3, 0.4) is 0 Å². The molecular formula is C41H40F2N10O4. The molecule has 2 aliphatic heterocycles. The largest absolute Gasteiger partial charge is 0.444 e. The third kappa shape index (κ3) is 8.40. The summed E-state index contributed by atoms with van der Waals surface area (Å²) < 4.78 is 32.3. The van der Waals surface area contributed by atoms with Gasteiger partial charge in [0.2, 0.25) is 0 Å². The highest BCUT2D eigenvalue weighted by Gasteiger charge is 2.34. The molecule has 3 amide bonds. The van der Waals surface area contributed by atoms with E-state index in [4.69, 9.17) is 21.9 Å². The van der Waals surface area contributed by atoms with Crippen LogP contribution in [0.25, 0.3) is 44.3 Å². The number of halogens is 2. The van der Waals surface area contributed by atoms with Crippen molar-refractivity contribution in [1.29, 1.82) is 0 Å². The number of hydrogen-bond acceptors (Lipinski definition) is 11. The third-order valence-corrected chi connectivity index (χ3v) is 9.31. The van der Waals surface area contributed by atoms with Gasteiger partial charge in [-0.05, 0) is 69.3 Å². The van der Waals surface area contributed by atoms with E-state index in [1.54, 1.807) is 79.1 Å². The Bertz CT molecular complexity index is 2530. The summed E-state index contributed by atoms with van der Waals surface area (Å²) in [5.41, 5.74) is 21.1. The molecule has 6 heterocycles. The van der Waals surface area contributed by atoms with Crippen LogP contribution in [0.15, 0.2) is 85.2 Å². The summed E-state index contributed by atoms with van der Waals surface area (Å²) in [7, 11) is 0. The van der Waals surface area contributed by atoms with Crippen molar-refractivity contribution in [2.75, 3.05) is 37.6 Å². The topological polar surface area (TPSA) is 209 Å². The molecule has 0 radical (unpaired) electrons. The van der Waals surface area contributed by atoms with Gasteiger partial charge in [0.05, 0.1) is 28.6 Å². The quantitative estimate of drug-likeness (QED) is 0.180. The van der Waals surface area contributed by atoms with Crippen LogP contribution < -0.4 is 22.5 Å². The Kier molecular flexibility index (Phi) is 10.4. The number of nitrogens with zero attached hydrogens (tertiary/aromatic N) is 6. The Morgan fingerprint density at radius 3 is 1.60 bits per heavy atom. The van der Waals surface area contributed by atoms with Crippen molar-refractivity contribution >= 4 is 51.3 Å². The molecule has 8 rings (SSSR count). The molecule has 0 unspecified atom stereocenters. The van der Waals surface area contributed by atoms with Crippen molar-refractivity contribution < 1.29 is 27.9 Å². The summed E-state index contributed by atoms with van der Waals surface area (Å²) >= 11 is 0. The summed E-state index contributed by atoms with van der Waals surface area (Å²) in [5, 5.41) is 3.94. The Hall–Kier alpha value is -6.81. The van der Waals surface area contributed by atoms with E-state index in [-0.39, 0.29) is 47.2 Å². The van der Waals surface area contributed by atoms with Crippen molar-refractivity contribution in [3.8, 4) is 22.5 Å². The predicted molar refractivity (Wildman–Crippen MR) is 212 cm³/mol. The van der Waals surface area contributed by atoms with Gasteiger partial charge in [0.25, 0.3) is 11.8 Å². The number of carbonyl (C=O) groups excluding carboxylic acids is 3. The Labute approximate surface area is 326 Å². The number of anilines is 2. The highest BCUT2D eigenvalue weighted by atomic mass is 19.1. The van der Waals surface area contributed by atoms with Gasteiger partial charge < -0.3 is 37.1 Å². The van der Waals surface area contributed by atoms with Crippen molar-refractivity contribution in [2.45, 2.75) is 38.5 Å². The van der Waals surface area contributed by atoms with E-state index < -0.39 is 11.7 Å². The van der Waals surface area contributed by atoms with E-state index in [1.165, 1.54) is 36.7 Å². The molecule has 2 saturated heterocycles. The molecule has 7 N–H and O–H groups in total. The lowest BCUT2D eigenvalue weighted by atomic mass is 10.0. The summed E-state index contributed by atoms with van der Waals surface area (Å²) in [4.78, 5) is 58.1. The number of ether oxygens (including phenoxy) is 1. The van der Waals surface area contributed by atoms with Gasteiger partial charge in [-0.1, -0.05) is 24.3 Å². The van der Waals surface area contributed by atoms with Gasteiger partial charge in [0, 0.05) is 66.5 Å². The Balaban J connectivity index is 0.000000179. The van der Waals surface area contributed by atoms with Crippen LogP contribution in [0.5, 0.6) is 0 Å². The zero-order valence-corrected chi connectivity index (χ0v) is 31.4. The third-order valence-electron chi connectivity index (χ3n) is 9.31. The number of carbonyl (C=O) groups is 3. The number of hydrogen-bond donors (Lipinski definition) is 4. The second kappa shape index (κ2) is 15.4. The molecule has 6 aromatic rings. The highest BCUT2D eigenvalue weighted by Crippen LogP contribution is 2.29. The number of amides is 3. The number of benzene rings is 2. The molecule has 2 aliphatic rings. The lowest BCUT2D eigenvalue weighted by molar-refractivity contribution is 0.0359. The first-order valence-electron chi connectivity index (χ1n) is 18.1. The van der Waals surface area contributed by atoms with Gasteiger partial charge in [0.1, 0.15) is 39.9 Å². The Morgan fingerprint density at radius 2 is 1.18 bits per heavy atom. The number of likely N-dealkylation sites (tertiary alicyclic amines) is 2. The van der Waals surface area contributed by atoms with Crippen molar-refractivity contribution in [3.63, 3.8) is 0 Å². The maximum Gasteiger partial charge on any atom is 0.407 e.